The number of aryl methyl sites for hydroxylation is 2. The maximum atomic E-state index is 13.4. The SMILES string of the molecule is Cn1c[n+](C)nc1-c1c(F)cccc1F.O=S(=O)([O-])O. The molecule has 0 aliphatic rings. The van der Waals surface area contributed by atoms with E-state index in [0.29, 0.717) is 0 Å². The van der Waals surface area contributed by atoms with Crippen LogP contribution in [0.15, 0.2) is 24.5 Å². The van der Waals surface area contributed by atoms with Gasteiger partial charge in [-0.1, -0.05) is 6.07 Å². The van der Waals surface area contributed by atoms with Crippen molar-refractivity contribution in [2.75, 3.05) is 0 Å². The lowest BCUT2D eigenvalue weighted by Gasteiger charge is -1.98. The van der Waals surface area contributed by atoms with Crippen LogP contribution < -0.4 is 4.68 Å². The standard InChI is InChI=1S/C10H10F2N3.H2O4S/c1-14-6-15(2)13-10(14)9-7(11)4-3-5-8(9)12;1-5(2,3)4/h3-6H,1-2H3;(H2,1,2,3,4)/q+1;/p-1. The Hall–Kier alpha value is -1.91. The zero-order chi connectivity index (χ0) is 15.5. The molecule has 110 valence electrons. The molecule has 0 bridgehead atoms. The lowest BCUT2D eigenvalue weighted by atomic mass is 10.2. The topological polar surface area (TPSA) is 99.1 Å². The van der Waals surface area contributed by atoms with Gasteiger partial charge in [-0.25, -0.2) is 21.8 Å². The van der Waals surface area contributed by atoms with Crippen LogP contribution in [-0.4, -0.2) is 27.2 Å². The second-order valence-electron chi connectivity index (χ2n) is 3.75. The Labute approximate surface area is 113 Å². The van der Waals surface area contributed by atoms with E-state index in [1.807, 2.05) is 0 Å². The normalized spacial score (nSPS) is 10.9. The number of rotatable bonds is 1. The van der Waals surface area contributed by atoms with Gasteiger partial charge in [-0.2, -0.15) is 0 Å². The maximum absolute atomic E-state index is 13.4. The minimum atomic E-state index is -4.92. The van der Waals surface area contributed by atoms with Crippen LogP contribution in [0, 0.1) is 11.6 Å². The molecular formula is C10H11F2N3O4S. The van der Waals surface area contributed by atoms with Gasteiger partial charge in [0, 0.05) is 0 Å². The second kappa shape index (κ2) is 6.03. The van der Waals surface area contributed by atoms with Gasteiger partial charge in [0.25, 0.3) is 12.2 Å². The highest BCUT2D eigenvalue weighted by molar-refractivity contribution is 7.79. The van der Waals surface area contributed by atoms with Crippen molar-refractivity contribution in [2.24, 2.45) is 14.1 Å². The molecule has 0 radical (unpaired) electrons. The Balaban J connectivity index is 0.000000347. The van der Waals surface area contributed by atoms with Crippen LogP contribution in [0.1, 0.15) is 0 Å². The van der Waals surface area contributed by atoms with Crippen molar-refractivity contribution in [1.29, 1.82) is 0 Å². The van der Waals surface area contributed by atoms with Gasteiger partial charge >= 0.3 is 0 Å². The molecule has 0 spiro atoms. The maximum Gasteiger partial charge on any atom is 0.273 e. The van der Waals surface area contributed by atoms with Crippen LogP contribution >= 0.6 is 0 Å². The molecule has 0 saturated carbocycles. The molecule has 0 fully saturated rings. The first-order chi connectivity index (χ1) is 9.09. The molecule has 2 rings (SSSR count). The van der Waals surface area contributed by atoms with Crippen molar-refractivity contribution in [1.82, 2.24) is 9.67 Å². The first-order valence-electron chi connectivity index (χ1n) is 5.11. The minimum absolute atomic E-state index is 0.0967. The van der Waals surface area contributed by atoms with Crippen LogP contribution in [0.5, 0.6) is 0 Å². The summed E-state index contributed by atoms with van der Waals surface area (Å²) < 4.78 is 62.8. The third-order valence-electron chi connectivity index (χ3n) is 2.11. The highest BCUT2D eigenvalue weighted by Gasteiger charge is 2.20. The molecular weight excluding hydrogens is 296 g/mol. The zero-order valence-corrected chi connectivity index (χ0v) is 11.3. The van der Waals surface area contributed by atoms with Crippen molar-refractivity contribution in [2.45, 2.75) is 0 Å². The molecule has 2 aromatic rings. The monoisotopic (exact) mass is 307 g/mol. The van der Waals surface area contributed by atoms with E-state index in [1.54, 1.807) is 25.0 Å². The molecule has 1 N–H and O–H groups in total. The first-order valence-corrected chi connectivity index (χ1v) is 6.48. The Morgan fingerprint density at radius 1 is 1.35 bits per heavy atom. The first kappa shape index (κ1) is 16.1. The smallest absolute Gasteiger partial charge is 0.273 e. The molecule has 0 unspecified atom stereocenters. The quantitative estimate of drug-likeness (QED) is 0.461. The summed E-state index contributed by atoms with van der Waals surface area (Å²) in [4.78, 5) is 0. The van der Waals surface area contributed by atoms with Crippen molar-refractivity contribution in [3.05, 3.63) is 36.2 Å². The van der Waals surface area contributed by atoms with Gasteiger partial charge in [0.2, 0.25) is 10.4 Å². The van der Waals surface area contributed by atoms with Gasteiger partial charge in [-0.05, 0) is 17.2 Å². The summed E-state index contributed by atoms with van der Waals surface area (Å²) in [5.74, 6) is -0.943. The second-order valence-corrected chi connectivity index (χ2v) is 4.60. The molecule has 1 aromatic heterocycles. The average Bonchev–Trinajstić information content (AvgIpc) is 2.55. The number of nitrogens with zero attached hydrogens (tertiary/aromatic N) is 3. The summed E-state index contributed by atoms with van der Waals surface area (Å²) in [6, 6.07) is 3.76. The molecule has 0 aliphatic heterocycles. The minimum Gasteiger partial charge on any atom is -0.726 e. The van der Waals surface area contributed by atoms with Crippen LogP contribution in [0.4, 0.5) is 8.78 Å². The van der Waals surface area contributed by atoms with Crippen LogP contribution in [-0.2, 0) is 24.5 Å². The van der Waals surface area contributed by atoms with Crippen molar-refractivity contribution < 1.29 is 31.0 Å². The number of hydrogen-bond acceptors (Lipinski definition) is 4. The number of halogens is 2. The molecule has 0 saturated heterocycles. The summed E-state index contributed by atoms with van der Waals surface area (Å²) >= 11 is 0. The highest BCUT2D eigenvalue weighted by atomic mass is 32.3. The Kier molecular flexibility index (Phi) is 4.87. The molecule has 10 heteroatoms. The summed E-state index contributed by atoms with van der Waals surface area (Å²) in [7, 11) is -1.53. The predicted octanol–water partition coefficient (Wildman–Crippen LogP) is 0.194. The van der Waals surface area contributed by atoms with Gasteiger partial charge in [-0.3, -0.25) is 4.55 Å². The lowest BCUT2D eigenvalue weighted by Crippen LogP contribution is -2.28. The largest absolute Gasteiger partial charge is 0.726 e. The fourth-order valence-electron chi connectivity index (χ4n) is 1.49. The summed E-state index contributed by atoms with van der Waals surface area (Å²) in [5, 5.41) is 4.00. The van der Waals surface area contributed by atoms with E-state index >= 15 is 0 Å². The molecule has 7 nitrogen and oxygen atoms in total. The van der Waals surface area contributed by atoms with Crippen LogP contribution in [0.3, 0.4) is 0 Å². The van der Waals surface area contributed by atoms with E-state index in [1.165, 1.54) is 22.9 Å². The molecule has 20 heavy (non-hydrogen) atoms. The highest BCUT2D eigenvalue weighted by Crippen LogP contribution is 2.22. The fraction of sp³-hybridized carbons (Fsp3) is 0.200. The van der Waals surface area contributed by atoms with Crippen molar-refractivity contribution >= 4 is 10.4 Å². The van der Waals surface area contributed by atoms with Gasteiger partial charge in [0.1, 0.15) is 24.2 Å². The van der Waals surface area contributed by atoms with Crippen LogP contribution in [0.25, 0.3) is 11.4 Å². The number of benzene rings is 1. The average molecular weight is 307 g/mol. The summed E-state index contributed by atoms with van der Waals surface area (Å²) in [6.45, 7) is 0. The Bertz CT molecular complexity index is 687. The Morgan fingerprint density at radius 3 is 2.15 bits per heavy atom. The van der Waals surface area contributed by atoms with E-state index in [9.17, 15) is 8.78 Å². The molecule has 1 heterocycles. The fourth-order valence-corrected chi connectivity index (χ4v) is 1.49. The van der Waals surface area contributed by atoms with E-state index in [0.717, 1.165) is 0 Å². The third kappa shape index (κ3) is 4.64. The van der Waals surface area contributed by atoms with Crippen molar-refractivity contribution in [3.63, 3.8) is 0 Å². The molecule has 0 amide bonds. The molecule has 1 aromatic carbocycles. The molecule has 0 aliphatic carbocycles. The zero-order valence-electron chi connectivity index (χ0n) is 10.5. The third-order valence-corrected chi connectivity index (χ3v) is 2.11. The lowest BCUT2D eigenvalue weighted by molar-refractivity contribution is -0.728. The molecule has 0 atom stereocenters. The van der Waals surface area contributed by atoms with Crippen molar-refractivity contribution in [3.8, 4) is 11.4 Å². The van der Waals surface area contributed by atoms with E-state index in [4.69, 9.17) is 17.5 Å². The van der Waals surface area contributed by atoms with E-state index < -0.39 is 22.0 Å². The van der Waals surface area contributed by atoms with E-state index in [-0.39, 0.29) is 11.4 Å². The van der Waals surface area contributed by atoms with Gasteiger partial charge in [-0.15, -0.1) is 4.68 Å². The number of aromatic nitrogens is 3. The van der Waals surface area contributed by atoms with E-state index in [2.05, 4.69) is 5.10 Å². The van der Waals surface area contributed by atoms with Gasteiger partial charge in [0.15, 0.2) is 0 Å². The number of hydrogen-bond donors (Lipinski definition) is 1. The van der Waals surface area contributed by atoms with Gasteiger partial charge in [0.05, 0.1) is 7.05 Å². The van der Waals surface area contributed by atoms with Gasteiger partial charge < -0.3 is 4.55 Å². The summed E-state index contributed by atoms with van der Waals surface area (Å²) in [5.41, 5.74) is -0.0967. The summed E-state index contributed by atoms with van der Waals surface area (Å²) in [6.07, 6.45) is 1.64. The Morgan fingerprint density at radius 2 is 1.80 bits per heavy atom. The predicted molar refractivity (Wildman–Crippen MR) is 62.1 cm³/mol. The van der Waals surface area contributed by atoms with Crippen LogP contribution in [0.2, 0.25) is 0 Å².